The van der Waals surface area contributed by atoms with Gasteiger partial charge in [0.25, 0.3) is 0 Å². The molecule has 0 unspecified atom stereocenters. The summed E-state index contributed by atoms with van der Waals surface area (Å²) in [5.41, 5.74) is 2.11. The van der Waals surface area contributed by atoms with Crippen LogP contribution in [0.3, 0.4) is 0 Å². The number of aliphatic hydroxyl groups excluding tert-OH is 1. The lowest BCUT2D eigenvalue weighted by atomic mass is 10.1. The SMILES string of the molecule is C[C@H](NC[C@@H](O)c1ccncc1)c1ccccc1. The Morgan fingerprint density at radius 1 is 1.06 bits per heavy atom. The predicted molar refractivity (Wildman–Crippen MR) is 72.1 cm³/mol. The average Bonchev–Trinajstić information content (AvgIpc) is 2.46. The number of aromatic nitrogens is 1. The van der Waals surface area contributed by atoms with Crippen LogP contribution in [-0.2, 0) is 0 Å². The molecule has 0 bridgehead atoms. The summed E-state index contributed by atoms with van der Waals surface area (Å²) < 4.78 is 0. The molecule has 0 aliphatic heterocycles. The van der Waals surface area contributed by atoms with Crippen molar-refractivity contribution in [1.29, 1.82) is 0 Å². The maximum Gasteiger partial charge on any atom is 0.0915 e. The van der Waals surface area contributed by atoms with Gasteiger partial charge >= 0.3 is 0 Å². The van der Waals surface area contributed by atoms with Crippen LogP contribution in [0.4, 0.5) is 0 Å². The van der Waals surface area contributed by atoms with Crippen LogP contribution in [0, 0.1) is 0 Å². The van der Waals surface area contributed by atoms with Gasteiger partial charge in [-0.3, -0.25) is 4.98 Å². The molecule has 2 atom stereocenters. The minimum absolute atomic E-state index is 0.225. The zero-order valence-corrected chi connectivity index (χ0v) is 10.5. The number of aliphatic hydroxyl groups is 1. The van der Waals surface area contributed by atoms with E-state index in [4.69, 9.17) is 0 Å². The van der Waals surface area contributed by atoms with E-state index in [0.717, 1.165) is 5.56 Å². The number of nitrogens with one attached hydrogen (secondary N) is 1. The second-order valence-corrected chi connectivity index (χ2v) is 4.34. The molecule has 0 amide bonds. The van der Waals surface area contributed by atoms with E-state index in [2.05, 4.69) is 29.4 Å². The molecular formula is C15H18N2O. The Balaban J connectivity index is 1.89. The molecular weight excluding hydrogens is 224 g/mol. The Morgan fingerprint density at radius 3 is 2.39 bits per heavy atom. The van der Waals surface area contributed by atoms with Crippen LogP contribution < -0.4 is 5.32 Å². The second-order valence-electron chi connectivity index (χ2n) is 4.34. The van der Waals surface area contributed by atoms with E-state index >= 15 is 0 Å². The molecule has 3 heteroatoms. The Kier molecular flexibility index (Phi) is 4.45. The van der Waals surface area contributed by atoms with E-state index in [0.29, 0.717) is 6.54 Å². The minimum atomic E-state index is -0.501. The molecule has 0 aliphatic carbocycles. The highest BCUT2D eigenvalue weighted by Gasteiger charge is 2.09. The van der Waals surface area contributed by atoms with Crippen molar-refractivity contribution in [2.75, 3.05) is 6.54 Å². The third-order valence-electron chi connectivity index (χ3n) is 3.01. The molecule has 0 spiro atoms. The molecule has 0 fully saturated rings. The van der Waals surface area contributed by atoms with Crippen LogP contribution in [0.5, 0.6) is 0 Å². The Morgan fingerprint density at radius 2 is 1.72 bits per heavy atom. The van der Waals surface area contributed by atoms with Gasteiger partial charge in [0.2, 0.25) is 0 Å². The summed E-state index contributed by atoms with van der Waals surface area (Å²) in [6, 6.07) is 14.1. The Hall–Kier alpha value is -1.71. The van der Waals surface area contributed by atoms with Gasteiger partial charge in [0.05, 0.1) is 6.10 Å². The standard InChI is InChI=1S/C15H18N2O/c1-12(13-5-3-2-4-6-13)17-11-15(18)14-7-9-16-10-8-14/h2-10,12,15,17-18H,11H2,1H3/t12-,15+/m0/s1. The molecule has 2 rings (SSSR count). The molecule has 18 heavy (non-hydrogen) atoms. The zero-order chi connectivity index (χ0) is 12.8. The zero-order valence-electron chi connectivity index (χ0n) is 10.5. The number of pyridine rings is 1. The van der Waals surface area contributed by atoms with Crippen LogP contribution in [0.1, 0.15) is 30.2 Å². The van der Waals surface area contributed by atoms with Gasteiger partial charge in [-0.25, -0.2) is 0 Å². The van der Waals surface area contributed by atoms with Crippen molar-refractivity contribution in [2.24, 2.45) is 0 Å². The summed E-state index contributed by atoms with van der Waals surface area (Å²) in [6.07, 6.45) is 2.89. The lowest BCUT2D eigenvalue weighted by molar-refractivity contribution is 0.170. The van der Waals surface area contributed by atoms with Crippen molar-refractivity contribution in [1.82, 2.24) is 10.3 Å². The van der Waals surface area contributed by atoms with Crippen molar-refractivity contribution in [2.45, 2.75) is 19.1 Å². The molecule has 2 N–H and O–H groups in total. The Bertz CT molecular complexity index is 413. The number of hydrogen-bond acceptors (Lipinski definition) is 3. The fraction of sp³-hybridized carbons (Fsp3) is 0.267. The predicted octanol–water partition coefficient (Wildman–Crippen LogP) is 2.47. The van der Waals surface area contributed by atoms with Crippen LogP contribution in [-0.4, -0.2) is 16.6 Å². The van der Waals surface area contributed by atoms with Crippen molar-refractivity contribution < 1.29 is 5.11 Å². The highest BCUT2D eigenvalue weighted by molar-refractivity contribution is 5.18. The van der Waals surface area contributed by atoms with E-state index < -0.39 is 6.10 Å². The maximum absolute atomic E-state index is 10.0. The molecule has 0 saturated carbocycles. The summed E-state index contributed by atoms with van der Waals surface area (Å²) >= 11 is 0. The summed E-state index contributed by atoms with van der Waals surface area (Å²) in [4.78, 5) is 3.94. The molecule has 0 saturated heterocycles. The molecule has 1 aromatic carbocycles. The third-order valence-corrected chi connectivity index (χ3v) is 3.01. The number of rotatable bonds is 5. The Labute approximate surface area is 108 Å². The highest BCUT2D eigenvalue weighted by Crippen LogP contribution is 2.14. The first-order valence-corrected chi connectivity index (χ1v) is 6.13. The van der Waals surface area contributed by atoms with E-state index in [9.17, 15) is 5.11 Å². The van der Waals surface area contributed by atoms with Gasteiger partial charge in [0, 0.05) is 25.0 Å². The fourth-order valence-corrected chi connectivity index (χ4v) is 1.85. The number of benzene rings is 1. The van der Waals surface area contributed by atoms with E-state index in [1.54, 1.807) is 12.4 Å². The van der Waals surface area contributed by atoms with E-state index in [-0.39, 0.29) is 6.04 Å². The molecule has 3 nitrogen and oxygen atoms in total. The first-order valence-electron chi connectivity index (χ1n) is 6.13. The van der Waals surface area contributed by atoms with Gasteiger partial charge in [-0.15, -0.1) is 0 Å². The van der Waals surface area contributed by atoms with Gasteiger partial charge in [0.1, 0.15) is 0 Å². The topological polar surface area (TPSA) is 45.1 Å². The minimum Gasteiger partial charge on any atom is -0.387 e. The number of hydrogen-bond donors (Lipinski definition) is 2. The van der Waals surface area contributed by atoms with Crippen molar-refractivity contribution in [3.8, 4) is 0 Å². The molecule has 0 radical (unpaired) electrons. The van der Waals surface area contributed by atoms with E-state index in [1.165, 1.54) is 5.56 Å². The molecule has 0 aliphatic rings. The fourth-order valence-electron chi connectivity index (χ4n) is 1.85. The average molecular weight is 242 g/mol. The number of nitrogens with zero attached hydrogens (tertiary/aromatic N) is 1. The maximum atomic E-state index is 10.0. The third kappa shape index (κ3) is 3.39. The lowest BCUT2D eigenvalue weighted by Gasteiger charge is -2.17. The first-order chi connectivity index (χ1) is 8.77. The monoisotopic (exact) mass is 242 g/mol. The van der Waals surface area contributed by atoms with Gasteiger partial charge in [-0.1, -0.05) is 30.3 Å². The van der Waals surface area contributed by atoms with Crippen LogP contribution in [0.2, 0.25) is 0 Å². The summed E-state index contributed by atoms with van der Waals surface area (Å²) in [7, 11) is 0. The van der Waals surface area contributed by atoms with Gasteiger partial charge in [-0.2, -0.15) is 0 Å². The van der Waals surface area contributed by atoms with Crippen molar-refractivity contribution in [3.05, 3.63) is 66.0 Å². The van der Waals surface area contributed by atoms with E-state index in [1.807, 2.05) is 30.3 Å². The van der Waals surface area contributed by atoms with Crippen LogP contribution in [0.25, 0.3) is 0 Å². The second kappa shape index (κ2) is 6.28. The largest absolute Gasteiger partial charge is 0.387 e. The van der Waals surface area contributed by atoms with Gasteiger partial charge < -0.3 is 10.4 Å². The molecule has 2 aromatic rings. The van der Waals surface area contributed by atoms with Crippen LogP contribution >= 0.6 is 0 Å². The van der Waals surface area contributed by atoms with Crippen molar-refractivity contribution >= 4 is 0 Å². The lowest BCUT2D eigenvalue weighted by Crippen LogP contribution is -2.24. The summed E-state index contributed by atoms with van der Waals surface area (Å²) in [6.45, 7) is 2.62. The molecule has 1 heterocycles. The molecule has 1 aromatic heterocycles. The van der Waals surface area contributed by atoms with Gasteiger partial charge in [0.15, 0.2) is 0 Å². The van der Waals surface area contributed by atoms with Crippen LogP contribution in [0.15, 0.2) is 54.9 Å². The van der Waals surface area contributed by atoms with Gasteiger partial charge in [-0.05, 0) is 30.2 Å². The first kappa shape index (κ1) is 12.7. The smallest absolute Gasteiger partial charge is 0.0915 e. The summed E-state index contributed by atoms with van der Waals surface area (Å²) in [5, 5.41) is 13.4. The quantitative estimate of drug-likeness (QED) is 0.846. The van der Waals surface area contributed by atoms with Crippen molar-refractivity contribution in [3.63, 3.8) is 0 Å². The highest BCUT2D eigenvalue weighted by atomic mass is 16.3. The normalized spacial score (nSPS) is 14.1. The molecule has 94 valence electrons. The summed E-state index contributed by atoms with van der Waals surface area (Å²) in [5.74, 6) is 0.